The molecule has 21 heavy (non-hydrogen) atoms. The summed E-state index contributed by atoms with van der Waals surface area (Å²) in [4.78, 5) is 25.7. The summed E-state index contributed by atoms with van der Waals surface area (Å²) < 4.78 is 5.21. The first-order valence-corrected chi connectivity index (χ1v) is 6.53. The molecule has 1 aliphatic rings. The molecule has 0 radical (unpaired) electrons. The lowest BCUT2D eigenvalue weighted by Gasteiger charge is -2.12. The van der Waals surface area contributed by atoms with Crippen molar-refractivity contribution >= 4 is 35.3 Å². The molecule has 110 valence electrons. The van der Waals surface area contributed by atoms with Gasteiger partial charge in [0.1, 0.15) is 11.4 Å². The number of amides is 1. The van der Waals surface area contributed by atoms with Crippen LogP contribution in [0.5, 0.6) is 5.75 Å². The van der Waals surface area contributed by atoms with E-state index in [0.29, 0.717) is 22.1 Å². The zero-order valence-electron chi connectivity index (χ0n) is 11.6. The van der Waals surface area contributed by atoms with Gasteiger partial charge >= 0.3 is 5.97 Å². The van der Waals surface area contributed by atoms with Gasteiger partial charge in [-0.05, 0) is 24.4 Å². The lowest BCUT2D eigenvalue weighted by Crippen LogP contribution is -2.26. The number of likely N-dealkylation sites (N-methyl/N-ethyl adjacent to an activating group) is 2. The molecule has 0 spiro atoms. The fraction of sp³-hybridized carbons (Fsp3) is 0.214. The quantitative estimate of drug-likeness (QED) is 0.665. The highest BCUT2D eigenvalue weighted by molar-refractivity contribution is 7.80. The summed E-state index contributed by atoms with van der Waals surface area (Å²) in [7, 11) is 3.31. The van der Waals surface area contributed by atoms with E-state index in [-0.39, 0.29) is 5.91 Å². The molecular formula is C14H14N2O4S. The molecule has 0 bridgehead atoms. The van der Waals surface area contributed by atoms with E-state index in [1.807, 2.05) is 0 Å². The van der Waals surface area contributed by atoms with Crippen LogP contribution in [0.2, 0.25) is 0 Å². The number of aliphatic carboxylic acids is 1. The van der Waals surface area contributed by atoms with Crippen molar-refractivity contribution in [2.45, 2.75) is 0 Å². The van der Waals surface area contributed by atoms with Gasteiger partial charge < -0.3 is 14.7 Å². The summed E-state index contributed by atoms with van der Waals surface area (Å²) >= 11 is 5.13. The molecule has 1 amide bonds. The van der Waals surface area contributed by atoms with E-state index in [0.717, 1.165) is 0 Å². The Balaban J connectivity index is 2.35. The third kappa shape index (κ3) is 3.03. The van der Waals surface area contributed by atoms with Crippen LogP contribution in [-0.2, 0) is 9.59 Å². The summed E-state index contributed by atoms with van der Waals surface area (Å²) in [5, 5.41) is 9.09. The SMILES string of the molecule is CN1C(=O)/C(=C/c2ccccc2OCC(=O)O)N(C)C1=S. The van der Waals surface area contributed by atoms with Crippen molar-refractivity contribution in [2.75, 3.05) is 20.7 Å². The molecule has 0 atom stereocenters. The van der Waals surface area contributed by atoms with E-state index in [1.54, 1.807) is 49.3 Å². The number of para-hydroxylation sites is 1. The number of rotatable bonds is 4. The fourth-order valence-corrected chi connectivity index (χ4v) is 2.09. The molecule has 1 aliphatic heterocycles. The Hall–Kier alpha value is -2.41. The zero-order chi connectivity index (χ0) is 15.6. The van der Waals surface area contributed by atoms with Crippen molar-refractivity contribution in [1.82, 2.24) is 9.80 Å². The van der Waals surface area contributed by atoms with Crippen molar-refractivity contribution in [1.29, 1.82) is 0 Å². The van der Waals surface area contributed by atoms with E-state index in [9.17, 15) is 9.59 Å². The Morgan fingerprint density at radius 3 is 2.57 bits per heavy atom. The number of thiocarbonyl (C=S) groups is 1. The number of hydrogen-bond donors (Lipinski definition) is 1. The second kappa shape index (κ2) is 5.92. The predicted molar refractivity (Wildman–Crippen MR) is 80.7 cm³/mol. The fourth-order valence-electron chi connectivity index (χ4n) is 1.91. The minimum Gasteiger partial charge on any atom is -0.481 e. The minimum absolute atomic E-state index is 0.212. The van der Waals surface area contributed by atoms with Gasteiger partial charge in [0.05, 0.1) is 0 Å². The standard InChI is InChI=1S/C14H14N2O4S/c1-15-10(13(19)16(2)14(15)21)7-9-5-3-4-6-11(9)20-8-12(17)18/h3-7H,8H2,1-2H3,(H,17,18)/b10-7-. The van der Waals surface area contributed by atoms with E-state index in [2.05, 4.69) is 0 Å². The average Bonchev–Trinajstić information content (AvgIpc) is 2.64. The number of carbonyl (C=O) groups is 2. The van der Waals surface area contributed by atoms with Gasteiger partial charge in [-0.25, -0.2) is 4.79 Å². The first-order valence-electron chi connectivity index (χ1n) is 6.13. The first kappa shape index (κ1) is 15.0. The molecule has 7 heteroatoms. The summed E-state index contributed by atoms with van der Waals surface area (Å²) in [5.41, 5.74) is 1.03. The Kier molecular flexibility index (Phi) is 4.23. The Labute approximate surface area is 127 Å². The lowest BCUT2D eigenvalue weighted by atomic mass is 10.1. The van der Waals surface area contributed by atoms with Gasteiger partial charge in [0, 0.05) is 19.7 Å². The average molecular weight is 306 g/mol. The van der Waals surface area contributed by atoms with Crippen LogP contribution in [0, 0.1) is 0 Å². The predicted octanol–water partition coefficient (Wildman–Crippen LogP) is 1.18. The maximum atomic E-state index is 12.1. The number of ether oxygens (including phenoxy) is 1. The number of carbonyl (C=O) groups excluding carboxylic acids is 1. The smallest absolute Gasteiger partial charge is 0.341 e. The van der Waals surface area contributed by atoms with Crippen molar-refractivity contribution in [3.05, 3.63) is 35.5 Å². The van der Waals surface area contributed by atoms with Crippen LogP contribution in [0.4, 0.5) is 0 Å². The highest BCUT2D eigenvalue weighted by Crippen LogP contribution is 2.25. The number of hydrogen-bond acceptors (Lipinski definition) is 4. The molecule has 0 aromatic heterocycles. The number of carboxylic acid groups (broad SMARTS) is 1. The van der Waals surface area contributed by atoms with Crippen LogP contribution >= 0.6 is 12.2 Å². The van der Waals surface area contributed by atoms with Crippen LogP contribution < -0.4 is 4.74 Å². The van der Waals surface area contributed by atoms with Gasteiger partial charge in [0.2, 0.25) is 0 Å². The van der Waals surface area contributed by atoms with Crippen LogP contribution in [0.25, 0.3) is 6.08 Å². The van der Waals surface area contributed by atoms with Crippen LogP contribution in [0.15, 0.2) is 30.0 Å². The van der Waals surface area contributed by atoms with Gasteiger partial charge in [-0.15, -0.1) is 0 Å². The maximum absolute atomic E-state index is 12.1. The number of carboxylic acids is 1. The molecule has 6 nitrogen and oxygen atoms in total. The molecular weight excluding hydrogens is 292 g/mol. The largest absolute Gasteiger partial charge is 0.481 e. The molecule has 1 saturated heterocycles. The van der Waals surface area contributed by atoms with Gasteiger partial charge in [-0.2, -0.15) is 0 Å². The Bertz CT molecular complexity index is 642. The maximum Gasteiger partial charge on any atom is 0.341 e. The molecule has 1 N–H and O–H groups in total. The monoisotopic (exact) mass is 306 g/mol. The van der Waals surface area contributed by atoms with Gasteiger partial charge in [-0.1, -0.05) is 18.2 Å². The zero-order valence-corrected chi connectivity index (χ0v) is 12.4. The van der Waals surface area contributed by atoms with Crippen molar-refractivity contribution in [2.24, 2.45) is 0 Å². The van der Waals surface area contributed by atoms with E-state index < -0.39 is 12.6 Å². The van der Waals surface area contributed by atoms with E-state index in [1.165, 1.54) is 4.90 Å². The summed E-state index contributed by atoms with van der Waals surface area (Å²) in [6.07, 6.45) is 1.63. The van der Waals surface area contributed by atoms with Crippen molar-refractivity contribution in [3.8, 4) is 5.75 Å². The number of nitrogens with zero attached hydrogens (tertiary/aromatic N) is 2. The Morgan fingerprint density at radius 1 is 1.33 bits per heavy atom. The highest BCUT2D eigenvalue weighted by atomic mass is 32.1. The van der Waals surface area contributed by atoms with E-state index in [4.69, 9.17) is 22.1 Å². The third-order valence-corrected chi connectivity index (χ3v) is 3.57. The molecule has 1 heterocycles. The first-order chi connectivity index (χ1) is 9.91. The molecule has 1 aromatic rings. The summed E-state index contributed by atoms with van der Waals surface area (Å²) in [6, 6.07) is 6.90. The minimum atomic E-state index is -1.06. The van der Waals surface area contributed by atoms with Crippen LogP contribution in [0.3, 0.4) is 0 Å². The second-order valence-corrected chi connectivity index (χ2v) is 4.82. The molecule has 0 saturated carbocycles. The lowest BCUT2D eigenvalue weighted by molar-refractivity contribution is -0.139. The number of benzene rings is 1. The normalized spacial score (nSPS) is 16.8. The summed E-state index contributed by atoms with van der Waals surface area (Å²) in [6.45, 7) is -0.442. The highest BCUT2D eigenvalue weighted by Gasteiger charge is 2.32. The van der Waals surface area contributed by atoms with Crippen molar-refractivity contribution in [3.63, 3.8) is 0 Å². The summed E-state index contributed by atoms with van der Waals surface area (Å²) in [5.74, 6) is -0.878. The Morgan fingerprint density at radius 2 is 2.00 bits per heavy atom. The molecule has 1 aromatic carbocycles. The topological polar surface area (TPSA) is 70.1 Å². The van der Waals surface area contributed by atoms with Gasteiger partial charge in [0.15, 0.2) is 11.7 Å². The molecule has 1 fully saturated rings. The van der Waals surface area contributed by atoms with Crippen LogP contribution in [-0.4, -0.2) is 52.6 Å². The van der Waals surface area contributed by atoms with Gasteiger partial charge in [-0.3, -0.25) is 9.69 Å². The molecule has 0 aliphatic carbocycles. The van der Waals surface area contributed by atoms with Gasteiger partial charge in [0.25, 0.3) is 5.91 Å². The molecule has 0 unspecified atom stereocenters. The van der Waals surface area contributed by atoms with Crippen LogP contribution in [0.1, 0.15) is 5.56 Å². The van der Waals surface area contributed by atoms with E-state index >= 15 is 0 Å². The van der Waals surface area contributed by atoms with Crippen molar-refractivity contribution < 1.29 is 19.4 Å². The third-order valence-electron chi connectivity index (χ3n) is 3.02. The molecule has 2 rings (SSSR count). The second-order valence-electron chi connectivity index (χ2n) is 4.46.